The Kier molecular flexibility index (Phi) is 5.42. The van der Waals surface area contributed by atoms with Gasteiger partial charge in [-0.1, -0.05) is 48.9 Å². The number of halogens is 1. The quantitative estimate of drug-likeness (QED) is 0.373. The van der Waals surface area contributed by atoms with Crippen molar-refractivity contribution < 1.29 is 19.1 Å². The van der Waals surface area contributed by atoms with Gasteiger partial charge in [0.05, 0.1) is 11.3 Å². The summed E-state index contributed by atoms with van der Waals surface area (Å²) < 4.78 is 6.83. The maximum absolute atomic E-state index is 13.1. The molecule has 2 heterocycles. The second kappa shape index (κ2) is 8.16. The van der Waals surface area contributed by atoms with E-state index in [2.05, 4.69) is 9.88 Å². The second-order valence-corrected chi connectivity index (χ2v) is 7.40. The molecule has 0 saturated carbocycles. The number of benzene rings is 2. The summed E-state index contributed by atoms with van der Waals surface area (Å²) in [4.78, 5) is 37.0. The highest BCUT2D eigenvalue weighted by Gasteiger charge is 2.27. The van der Waals surface area contributed by atoms with Gasteiger partial charge in [-0.15, -0.1) is 0 Å². The summed E-state index contributed by atoms with van der Waals surface area (Å²) in [5, 5.41) is 3.87. The number of ketones is 1. The standard InChI is InChI=1S/C23H19ClN2O4/c1-2-18-21(22(28)23(29)25-16-11-20(27)30-13-16)17-5-3-4-6-19(17)26(18)12-14-7-9-15(24)10-8-14/h3-11H,2,12-13H2,1H3,(H,25,29). The molecule has 0 saturated heterocycles. The van der Waals surface area contributed by atoms with Crippen LogP contribution in [0.4, 0.5) is 0 Å². The minimum Gasteiger partial charge on any atom is -0.456 e. The van der Waals surface area contributed by atoms with Crippen molar-refractivity contribution in [2.45, 2.75) is 19.9 Å². The van der Waals surface area contributed by atoms with Gasteiger partial charge in [0, 0.05) is 34.2 Å². The van der Waals surface area contributed by atoms with Crippen molar-refractivity contribution in [2.24, 2.45) is 0 Å². The van der Waals surface area contributed by atoms with Gasteiger partial charge in [-0.3, -0.25) is 9.59 Å². The van der Waals surface area contributed by atoms with Gasteiger partial charge in [-0.2, -0.15) is 0 Å². The predicted octanol–water partition coefficient (Wildman–Crippen LogP) is 3.65. The summed E-state index contributed by atoms with van der Waals surface area (Å²) in [6.07, 6.45) is 1.75. The van der Waals surface area contributed by atoms with Crippen LogP contribution in [-0.4, -0.2) is 28.8 Å². The van der Waals surface area contributed by atoms with Crippen LogP contribution in [0.25, 0.3) is 10.9 Å². The zero-order valence-corrected chi connectivity index (χ0v) is 17.0. The number of aromatic nitrogens is 1. The number of rotatable bonds is 6. The SMILES string of the molecule is CCc1c(C(=O)C(=O)NC2=CC(=O)OC2)c2ccccc2n1Cc1ccc(Cl)cc1. The smallest absolute Gasteiger partial charge is 0.333 e. The third kappa shape index (κ3) is 3.74. The monoisotopic (exact) mass is 422 g/mol. The summed E-state index contributed by atoms with van der Waals surface area (Å²) in [6.45, 7) is 2.45. The van der Waals surface area contributed by atoms with Crippen LogP contribution in [0.5, 0.6) is 0 Å². The summed E-state index contributed by atoms with van der Waals surface area (Å²) >= 11 is 6.00. The lowest BCUT2D eigenvalue weighted by Gasteiger charge is -2.11. The first-order valence-corrected chi connectivity index (χ1v) is 9.93. The van der Waals surface area contributed by atoms with Crippen LogP contribution in [-0.2, 0) is 27.3 Å². The number of nitrogens with one attached hydrogen (secondary N) is 1. The summed E-state index contributed by atoms with van der Waals surface area (Å²) in [5.74, 6) is -1.96. The highest BCUT2D eigenvalue weighted by atomic mass is 35.5. The number of ether oxygens (including phenoxy) is 1. The molecule has 0 radical (unpaired) electrons. The van der Waals surface area contributed by atoms with Gasteiger partial charge in [0.25, 0.3) is 11.7 Å². The van der Waals surface area contributed by atoms with E-state index in [0.717, 1.165) is 22.2 Å². The molecule has 1 N–H and O–H groups in total. The Labute approximate surface area is 178 Å². The number of fused-ring (bicyclic) bond motifs is 1. The van der Waals surface area contributed by atoms with E-state index in [1.165, 1.54) is 6.08 Å². The second-order valence-electron chi connectivity index (χ2n) is 6.97. The summed E-state index contributed by atoms with van der Waals surface area (Å²) in [5.41, 5.74) is 3.34. The Bertz CT molecular complexity index is 1190. The van der Waals surface area contributed by atoms with Gasteiger partial charge < -0.3 is 14.6 Å². The summed E-state index contributed by atoms with van der Waals surface area (Å²) in [6, 6.07) is 15.1. The molecule has 2 aromatic carbocycles. The van der Waals surface area contributed by atoms with Crippen LogP contribution in [0.3, 0.4) is 0 Å². The molecule has 0 fully saturated rings. The molecule has 0 unspecified atom stereocenters. The van der Waals surface area contributed by atoms with Crippen molar-refractivity contribution >= 4 is 40.2 Å². The molecule has 1 aliphatic heterocycles. The zero-order valence-electron chi connectivity index (χ0n) is 16.3. The predicted molar refractivity (Wildman–Crippen MR) is 113 cm³/mol. The molecule has 1 amide bonds. The Hall–Kier alpha value is -3.38. The molecule has 4 rings (SSSR count). The molecular formula is C23H19ClN2O4. The number of para-hydroxylation sites is 1. The van der Waals surface area contributed by atoms with Crippen LogP contribution in [0.15, 0.2) is 60.3 Å². The molecule has 1 aromatic heterocycles. The fourth-order valence-electron chi connectivity index (χ4n) is 3.69. The number of hydrogen-bond acceptors (Lipinski definition) is 4. The minimum absolute atomic E-state index is 0.0448. The van der Waals surface area contributed by atoms with Crippen molar-refractivity contribution in [3.8, 4) is 0 Å². The number of amides is 1. The van der Waals surface area contributed by atoms with E-state index < -0.39 is 17.7 Å². The van der Waals surface area contributed by atoms with Crippen molar-refractivity contribution in [3.63, 3.8) is 0 Å². The molecule has 152 valence electrons. The van der Waals surface area contributed by atoms with Gasteiger partial charge >= 0.3 is 5.97 Å². The zero-order chi connectivity index (χ0) is 21.3. The van der Waals surface area contributed by atoms with E-state index >= 15 is 0 Å². The van der Waals surface area contributed by atoms with Crippen LogP contribution < -0.4 is 5.32 Å². The molecule has 3 aromatic rings. The molecule has 0 bridgehead atoms. The van der Waals surface area contributed by atoms with Gasteiger partial charge in [-0.05, 0) is 30.2 Å². The average molecular weight is 423 g/mol. The fourth-order valence-corrected chi connectivity index (χ4v) is 3.82. The van der Waals surface area contributed by atoms with Gasteiger partial charge in [0.1, 0.15) is 6.61 Å². The average Bonchev–Trinajstić information content (AvgIpc) is 3.29. The first-order valence-electron chi connectivity index (χ1n) is 9.55. The Balaban J connectivity index is 1.75. The van der Waals surface area contributed by atoms with Crippen LogP contribution in [0.2, 0.25) is 5.02 Å². The molecular weight excluding hydrogens is 404 g/mol. The normalized spacial score (nSPS) is 13.3. The van der Waals surface area contributed by atoms with E-state index in [9.17, 15) is 14.4 Å². The molecule has 30 heavy (non-hydrogen) atoms. The number of Topliss-reactive ketones (excluding diaryl/α,β-unsaturated/α-hetero) is 1. The molecule has 7 heteroatoms. The number of carbonyl (C=O) groups is 3. The number of hydrogen-bond donors (Lipinski definition) is 1. The number of esters is 1. The van der Waals surface area contributed by atoms with Crippen molar-refractivity contribution in [1.82, 2.24) is 9.88 Å². The van der Waals surface area contributed by atoms with E-state index in [-0.39, 0.29) is 12.3 Å². The largest absolute Gasteiger partial charge is 0.456 e. The van der Waals surface area contributed by atoms with Crippen molar-refractivity contribution in [1.29, 1.82) is 0 Å². The maximum atomic E-state index is 13.1. The lowest BCUT2D eigenvalue weighted by Crippen LogP contribution is -2.31. The molecule has 6 nitrogen and oxygen atoms in total. The van der Waals surface area contributed by atoms with Crippen molar-refractivity contribution in [2.75, 3.05) is 6.61 Å². The number of cyclic esters (lactones) is 1. The lowest BCUT2D eigenvalue weighted by atomic mass is 10.0. The highest BCUT2D eigenvalue weighted by Crippen LogP contribution is 2.29. The third-order valence-corrected chi connectivity index (χ3v) is 5.29. The fraction of sp³-hybridized carbons (Fsp3) is 0.174. The van der Waals surface area contributed by atoms with E-state index in [1.54, 1.807) is 0 Å². The highest BCUT2D eigenvalue weighted by molar-refractivity contribution is 6.45. The van der Waals surface area contributed by atoms with E-state index in [1.807, 2.05) is 55.5 Å². The van der Waals surface area contributed by atoms with Crippen LogP contribution >= 0.6 is 11.6 Å². The topological polar surface area (TPSA) is 77.4 Å². The maximum Gasteiger partial charge on any atom is 0.333 e. The Morgan fingerprint density at radius 1 is 1.13 bits per heavy atom. The van der Waals surface area contributed by atoms with Crippen molar-refractivity contribution in [3.05, 3.63) is 82.1 Å². The van der Waals surface area contributed by atoms with E-state index in [4.69, 9.17) is 16.3 Å². The first-order chi connectivity index (χ1) is 14.5. The summed E-state index contributed by atoms with van der Waals surface area (Å²) in [7, 11) is 0. The molecule has 1 aliphatic rings. The number of carbonyl (C=O) groups excluding carboxylic acids is 3. The van der Waals surface area contributed by atoms with E-state index in [0.29, 0.717) is 23.6 Å². The molecule has 0 spiro atoms. The van der Waals surface area contributed by atoms with Gasteiger partial charge in [0.2, 0.25) is 0 Å². The Morgan fingerprint density at radius 3 is 2.53 bits per heavy atom. The Morgan fingerprint density at radius 2 is 1.87 bits per heavy atom. The number of nitrogens with zero attached hydrogens (tertiary/aromatic N) is 1. The first kappa shape index (κ1) is 19.9. The lowest BCUT2D eigenvalue weighted by molar-refractivity contribution is -0.135. The van der Waals surface area contributed by atoms with Crippen LogP contribution in [0.1, 0.15) is 28.5 Å². The van der Waals surface area contributed by atoms with Crippen LogP contribution in [0, 0.1) is 0 Å². The molecule has 0 atom stereocenters. The minimum atomic E-state index is -0.788. The van der Waals surface area contributed by atoms with Gasteiger partial charge in [0.15, 0.2) is 0 Å². The van der Waals surface area contributed by atoms with Gasteiger partial charge in [-0.25, -0.2) is 4.79 Å². The molecule has 0 aliphatic carbocycles. The third-order valence-electron chi connectivity index (χ3n) is 5.04.